The number of ether oxygens (including phenoxy) is 1. The lowest BCUT2D eigenvalue weighted by molar-refractivity contribution is -0.0859. The predicted octanol–water partition coefficient (Wildman–Crippen LogP) is 3.81. The standard InChI is InChI=1S/C23H36BNO5/c1-16(25-14-13-23(8,28-19(25)26)15-20(2,3)27)17-9-11-18(12-10-17)24-29-21(4,5)22(6,7)30-24/h9-12,16,27H,13-15H2,1-8H3. The fourth-order valence-corrected chi connectivity index (χ4v) is 4.25. The molecule has 2 fully saturated rings. The lowest BCUT2D eigenvalue weighted by atomic mass is 9.78. The summed E-state index contributed by atoms with van der Waals surface area (Å²) in [5, 5.41) is 10.1. The summed E-state index contributed by atoms with van der Waals surface area (Å²) in [4.78, 5) is 14.5. The van der Waals surface area contributed by atoms with Crippen LogP contribution in [0.1, 0.15) is 79.8 Å². The van der Waals surface area contributed by atoms with Crippen molar-refractivity contribution in [3.05, 3.63) is 29.8 Å². The number of hydrogen-bond donors (Lipinski definition) is 1. The average Bonchev–Trinajstić information content (AvgIpc) is 2.80. The molecule has 0 bridgehead atoms. The summed E-state index contributed by atoms with van der Waals surface area (Å²) < 4.78 is 18.0. The van der Waals surface area contributed by atoms with Gasteiger partial charge in [0.2, 0.25) is 0 Å². The summed E-state index contributed by atoms with van der Waals surface area (Å²) in [5.41, 5.74) is -0.298. The number of carbonyl (C=O) groups excluding carboxylic acids is 1. The molecule has 2 aliphatic heterocycles. The Morgan fingerprint density at radius 2 is 1.63 bits per heavy atom. The second-order valence-electron chi connectivity index (χ2n) is 10.7. The molecule has 6 nitrogen and oxygen atoms in total. The van der Waals surface area contributed by atoms with Crippen molar-refractivity contribution in [2.24, 2.45) is 0 Å². The van der Waals surface area contributed by atoms with Gasteiger partial charge in [-0.15, -0.1) is 0 Å². The van der Waals surface area contributed by atoms with Crippen molar-refractivity contribution < 1.29 is 23.9 Å². The van der Waals surface area contributed by atoms with Gasteiger partial charge in [-0.2, -0.15) is 0 Å². The third kappa shape index (κ3) is 4.68. The molecule has 0 aromatic heterocycles. The van der Waals surface area contributed by atoms with Crippen LogP contribution < -0.4 is 5.46 Å². The van der Waals surface area contributed by atoms with Crippen LogP contribution in [0.25, 0.3) is 0 Å². The number of nitrogens with zero attached hydrogens (tertiary/aromatic N) is 1. The number of rotatable bonds is 5. The van der Waals surface area contributed by atoms with Crippen molar-refractivity contribution >= 4 is 18.7 Å². The van der Waals surface area contributed by atoms with E-state index in [0.29, 0.717) is 19.4 Å². The molecular formula is C23H36BNO5. The number of cyclic esters (lactones) is 1. The Bertz CT molecular complexity index is 770. The number of carbonyl (C=O) groups is 1. The predicted molar refractivity (Wildman–Crippen MR) is 118 cm³/mol. The van der Waals surface area contributed by atoms with E-state index in [1.807, 2.05) is 65.8 Å². The van der Waals surface area contributed by atoms with Crippen molar-refractivity contribution in [1.29, 1.82) is 0 Å². The summed E-state index contributed by atoms with van der Waals surface area (Å²) in [6.07, 6.45) is 0.756. The van der Waals surface area contributed by atoms with E-state index in [1.165, 1.54) is 0 Å². The third-order valence-corrected chi connectivity index (χ3v) is 6.67. The Morgan fingerprint density at radius 1 is 1.10 bits per heavy atom. The lowest BCUT2D eigenvalue weighted by Crippen LogP contribution is -2.51. The van der Waals surface area contributed by atoms with Gasteiger partial charge < -0.3 is 24.1 Å². The van der Waals surface area contributed by atoms with Gasteiger partial charge in [0, 0.05) is 19.4 Å². The number of benzene rings is 1. The van der Waals surface area contributed by atoms with E-state index in [9.17, 15) is 9.90 Å². The molecule has 2 saturated heterocycles. The first-order chi connectivity index (χ1) is 13.6. The van der Waals surface area contributed by atoms with Gasteiger partial charge in [-0.3, -0.25) is 0 Å². The molecule has 2 aliphatic rings. The van der Waals surface area contributed by atoms with Gasteiger partial charge in [-0.1, -0.05) is 24.3 Å². The van der Waals surface area contributed by atoms with Crippen molar-refractivity contribution in [2.45, 2.75) is 96.7 Å². The van der Waals surface area contributed by atoms with Crippen LogP contribution in [0.3, 0.4) is 0 Å². The first-order valence-electron chi connectivity index (χ1n) is 10.8. The van der Waals surface area contributed by atoms with Gasteiger partial charge in [0.1, 0.15) is 5.60 Å². The molecule has 166 valence electrons. The summed E-state index contributed by atoms with van der Waals surface area (Å²) in [7, 11) is -0.401. The summed E-state index contributed by atoms with van der Waals surface area (Å²) in [5.74, 6) is 0. The summed E-state index contributed by atoms with van der Waals surface area (Å²) in [6, 6.07) is 7.92. The zero-order chi connectivity index (χ0) is 22.5. The molecule has 0 saturated carbocycles. The fourth-order valence-electron chi connectivity index (χ4n) is 4.25. The maximum atomic E-state index is 12.7. The van der Waals surface area contributed by atoms with Crippen LogP contribution in [0.4, 0.5) is 4.79 Å². The van der Waals surface area contributed by atoms with E-state index in [0.717, 1.165) is 11.0 Å². The van der Waals surface area contributed by atoms with Crippen LogP contribution in [-0.2, 0) is 14.0 Å². The normalized spacial score (nSPS) is 27.2. The van der Waals surface area contributed by atoms with Crippen LogP contribution in [0.15, 0.2) is 24.3 Å². The summed E-state index contributed by atoms with van der Waals surface area (Å²) >= 11 is 0. The highest BCUT2D eigenvalue weighted by Gasteiger charge is 2.51. The molecular weight excluding hydrogens is 381 g/mol. The molecule has 7 heteroatoms. The lowest BCUT2D eigenvalue weighted by Gasteiger charge is -2.43. The maximum Gasteiger partial charge on any atom is 0.494 e. The van der Waals surface area contributed by atoms with Gasteiger partial charge in [-0.05, 0) is 66.4 Å². The molecule has 3 rings (SSSR count). The largest absolute Gasteiger partial charge is 0.494 e. The Balaban J connectivity index is 1.67. The van der Waals surface area contributed by atoms with Gasteiger partial charge in [0.15, 0.2) is 0 Å². The molecule has 1 amide bonds. The highest BCUT2D eigenvalue weighted by atomic mass is 16.7. The smallest absolute Gasteiger partial charge is 0.443 e. The molecule has 0 aliphatic carbocycles. The molecule has 0 radical (unpaired) electrons. The monoisotopic (exact) mass is 417 g/mol. The SMILES string of the molecule is CC(c1ccc(B2OC(C)(C)C(C)(C)O2)cc1)N1CCC(C)(CC(C)(C)O)OC1=O. The van der Waals surface area contributed by atoms with Crippen LogP contribution in [0, 0.1) is 0 Å². The highest BCUT2D eigenvalue weighted by Crippen LogP contribution is 2.37. The van der Waals surface area contributed by atoms with E-state index in [4.69, 9.17) is 14.0 Å². The van der Waals surface area contributed by atoms with Crippen molar-refractivity contribution in [2.75, 3.05) is 6.54 Å². The van der Waals surface area contributed by atoms with Gasteiger partial charge in [0.25, 0.3) is 0 Å². The van der Waals surface area contributed by atoms with E-state index in [-0.39, 0.29) is 23.3 Å². The van der Waals surface area contributed by atoms with Gasteiger partial charge in [0.05, 0.1) is 22.8 Å². The Kier molecular flexibility index (Phi) is 5.80. The average molecular weight is 417 g/mol. The van der Waals surface area contributed by atoms with Crippen molar-refractivity contribution in [3.63, 3.8) is 0 Å². The quantitative estimate of drug-likeness (QED) is 0.738. The zero-order valence-electron chi connectivity index (χ0n) is 19.6. The van der Waals surface area contributed by atoms with Crippen LogP contribution >= 0.6 is 0 Å². The van der Waals surface area contributed by atoms with E-state index >= 15 is 0 Å². The maximum absolute atomic E-state index is 12.7. The van der Waals surface area contributed by atoms with Gasteiger partial charge in [-0.25, -0.2) is 4.79 Å². The third-order valence-electron chi connectivity index (χ3n) is 6.67. The zero-order valence-corrected chi connectivity index (χ0v) is 19.6. The van der Waals surface area contributed by atoms with Crippen LogP contribution in [0.2, 0.25) is 0 Å². The van der Waals surface area contributed by atoms with E-state index < -0.39 is 18.3 Å². The van der Waals surface area contributed by atoms with Gasteiger partial charge >= 0.3 is 13.2 Å². The number of aliphatic hydroxyl groups is 1. The fraction of sp³-hybridized carbons (Fsp3) is 0.696. The molecule has 2 unspecified atom stereocenters. The topological polar surface area (TPSA) is 68.2 Å². The molecule has 1 aromatic rings. The Hall–Kier alpha value is -1.57. The molecule has 30 heavy (non-hydrogen) atoms. The van der Waals surface area contributed by atoms with Crippen molar-refractivity contribution in [3.8, 4) is 0 Å². The first kappa shape index (κ1) is 23.1. The molecule has 0 spiro atoms. The second kappa shape index (κ2) is 7.54. The Labute approximate surface area is 181 Å². The minimum atomic E-state index is -0.883. The number of hydrogen-bond acceptors (Lipinski definition) is 5. The highest BCUT2D eigenvalue weighted by molar-refractivity contribution is 6.62. The number of amides is 1. The van der Waals surface area contributed by atoms with E-state index in [1.54, 1.807) is 18.7 Å². The molecule has 2 atom stereocenters. The van der Waals surface area contributed by atoms with Crippen LogP contribution in [-0.4, -0.2) is 52.2 Å². The van der Waals surface area contributed by atoms with E-state index in [2.05, 4.69) is 0 Å². The second-order valence-corrected chi connectivity index (χ2v) is 10.7. The van der Waals surface area contributed by atoms with Crippen molar-refractivity contribution in [1.82, 2.24) is 4.90 Å². The minimum Gasteiger partial charge on any atom is -0.443 e. The minimum absolute atomic E-state index is 0.114. The molecule has 1 N–H and O–H groups in total. The first-order valence-corrected chi connectivity index (χ1v) is 10.8. The van der Waals surface area contributed by atoms with Crippen LogP contribution in [0.5, 0.6) is 0 Å². The molecule has 1 aromatic carbocycles. The molecule has 2 heterocycles. The Morgan fingerprint density at radius 3 is 2.10 bits per heavy atom. The summed E-state index contributed by atoms with van der Waals surface area (Å²) in [6.45, 7) is 16.1.